The number of fused-ring (bicyclic) bond motifs is 1. The predicted molar refractivity (Wildman–Crippen MR) is 106 cm³/mol. The molecule has 2 heterocycles. The highest BCUT2D eigenvalue weighted by molar-refractivity contribution is 5.35. The predicted octanol–water partition coefficient (Wildman–Crippen LogP) is 3.27. The van der Waals surface area contributed by atoms with Gasteiger partial charge in [-0.15, -0.1) is 0 Å². The van der Waals surface area contributed by atoms with Crippen LogP contribution in [0.1, 0.15) is 23.7 Å². The van der Waals surface area contributed by atoms with Crippen LogP contribution in [0.25, 0.3) is 5.69 Å². The first kappa shape index (κ1) is 17.6. The van der Waals surface area contributed by atoms with Gasteiger partial charge in [0, 0.05) is 37.9 Å². The van der Waals surface area contributed by atoms with Gasteiger partial charge in [0.15, 0.2) is 0 Å². The summed E-state index contributed by atoms with van der Waals surface area (Å²) in [5.41, 5.74) is 3.94. The summed E-state index contributed by atoms with van der Waals surface area (Å²) in [6.07, 6.45) is 0.0778. The minimum atomic E-state index is 0.0484. The fraction of sp³-hybridized carbons (Fsp3) is 0.318. The van der Waals surface area contributed by atoms with E-state index in [1.807, 2.05) is 67.2 Å². The average molecular weight is 363 g/mol. The Morgan fingerprint density at radius 3 is 2.56 bits per heavy atom. The van der Waals surface area contributed by atoms with Crippen LogP contribution in [-0.4, -0.2) is 26.9 Å². The Morgan fingerprint density at radius 1 is 1.07 bits per heavy atom. The van der Waals surface area contributed by atoms with Gasteiger partial charge < -0.3 is 4.74 Å². The van der Waals surface area contributed by atoms with Gasteiger partial charge in [-0.2, -0.15) is 0 Å². The summed E-state index contributed by atoms with van der Waals surface area (Å²) in [6.45, 7) is 6.27. The molecule has 5 heteroatoms. The van der Waals surface area contributed by atoms with E-state index in [-0.39, 0.29) is 11.7 Å². The Hall–Kier alpha value is -2.79. The van der Waals surface area contributed by atoms with Crippen molar-refractivity contribution >= 4 is 0 Å². The molecule has 0 saturated carbocycles. The van der Waals surface area contributed by atoms with Gasteiger partial charge in [-0.25, -0.2) is 4.68 Å². The smallest absolute Gasteiger partial charge is 0.276 e. The van der Waals surface area contributed by atoms with Gasteiger partial charge in [0.05, 0.1) is 11.3 Å². The Kier molecular flexibility index (Phi) is 4.62. The van der Waals surface area contributed by atoms with Crippen LogP contribution in [0.3, 0.4) is 0 Å². The van der Waals surface area contributed by atoms with Gasteiger partial charge in [-0.3, -0.25) is 14.4 Å². The standard InChI is InChI=1S/C22H25N3O2/c1-16-13-24(14-18-9-7-8-12-21(18)27-16)15-20-17(2)23(3)25(22(20)26)19-10-5-4-6-11-19/h4-12,16H,13-15H2,1-3H3/t16-/m1/s1. The number of hydrogen-bond acceptors (Lipinski definition) is 3. The van der Waals surface area contributed by atoms with E-state index in [4.69, 9.17) is 4.74 Å². The van der Waals surface area contributed by atoms with Crippen LogP contribution in [0.2, 0.25) is 0 Å². The quantitative estimate of drug-likeness (QED) is 0.717. The molecule has 2 aromatic carbocycles. The lowest BCUT2D eigenvalue weighted by atomic mass is 10.1. The zero-order chi connectivity index (χ0) is 19.0. The second-order valence-electron chi connectivity index (χ2n) is 7.25. The van der Waals surface area contributed by atoms with Crippen molar-refractivity contribution in [2.24, 2.45) is 7.05 Å². The van der Waals surface area contributed by atoms with Gasteiger partial charge in [0.1, 0.15) is 11.9 Å². The molecule has 0 saturated heterocycles. The van der Waals surface area contributed by atoms with Gasteiger partial charge in [0.2, 0.25) is 0 Å². The summed E-state index contributed by atoms with van der Waals surface area (Å²) in [4.78, 5) is 15.5. The molecule has 0 radical (unpaired) electrons. The first-order valence-electron chi connectivity index (χ1n) is 9.34. The summed E-state index contributed by atoms with van der Waals surface area (Å²) in [7, 11) is 1.94. The van der Waals surface area contributed by atoms with Crippen molar-refractivity contribution in [2.45, 2.75) is 33.0 Å². The molecule has 4 rings (SSSR count). The lowest BCUT2D eigenvalue weighted by Gasteiger charge is -2.21. The van der Waals surface area contributed by atoms with E-state index in [2.05, 4.69) is 17.9 Å². The van der Waals surface area contributed by atoms with E-state index in [0.717, 1.165) is 35.8 Å². The van der Waals surface area contributed by atoms with E-state index >= 15 is 0 Å². The largest absolute Gasteiger partial charge is 0.489 e. The maximum atomic E-state index is 13.2. The van der Waals surface area contributed by atoms with E-state index in [9.17, 15) is 4.79 Å². The SMILES string of the molecule is Cc1c(CN2Cc3ccccc3O[C@H](C)C2)c(=O)n(-c2ccccc2)n1C. The van der Waals surface area contributed by atoms with Gasteiger partial charge >= 0.3 is 0 Å². The molecular weight excluding hydrogens is 338 g/mol. The highest BCUT2D eigenvalue weighted by Crippen LogP contribution is 2.25. The van der Waals surface area contributed by atoms with Crippen molar-refractivity contribution < 1.29 is 4.74 Å². The molecule has 3 aromatic rings. The van der Waals surface area contributed by atoms with Crippen molar-refractivity contribution in [2.75, 3.05) is 6.54 Å². The van der Waals surface area contributed by atoms with Crippen LogP contribution in [0.15, 0.2) is 59.4 Å². The molecule has 0 aliphatic carbocycles. The lowest BCUT2D eigenvalue weighted by molar-refractivity contribution is 0.156. The molecule has 0 amide bonds. The topological polar surface area (TPSA) is 39.4 Å². The summed E-state index contributed by atoms with van der Waals surface area (Å²) in [6, 6.07) is 17.9. The number of aromatic nitrogens is 2. The van der Waals surface area contributed by atoms with Crippen molar-refractivity contribution in [1.29, 1.82) is 0 Å². The van der Waals surface area contributed by atoms with E-state index in [1.165, 1.54) is 5.56 Å². The van der Waals surface area contributed by atoms with E-state index < -0.39 is 0 Å². The molecular formula is C22H25N3O2. The molecule has 1 aromatic heterocycles. The molecule has 0 bridgehead atoms. The maximum absolute atomic E-state index is 13.2. The Morgan fingerprint density at radius 2 is 1.78 bits per heavy atom. The third-order valence-corrected chi connectivity index (χ3v) is 5.27. The van der Waals surface area contributed by atoms with Crippen LogP contribution in [0, 0.1) is 6.92 Å². The zero-order valence-corrected chi connectivity index (χ0v) is 16.1. The highest BCUT2D eigenvalue weighted by Gasteiger charge is 2.23. The van der Waals surface area contributed by atoms with Gasteiger partial charge in [-0.1, -0.05) is 36.4 Å². The highest BCUT2D eigenvalue weighted by atomic mass is 16.5. The van der Waals surface area contributed by atoms with Crippen LogP contribution < -0.4 is 10.3 Å². The maximum Gasteiger partial charge on any atom is 0.276 e. The summed E-state index contributed by atoms with van der Waals surface area (Å²) in [5, 5.41) is 0. The number of nitrogens with zero attached hydrogens (tertiary/aromatic N) is 3. The fourth-order valence-corrected chi connectivity index (χ4v) is 3.82. The number of para-hydroxylation sites is 2. The Bertz CT molecular complexity index is 1000. The number of rotatable bonds is 3. The molecule has 5 nitrogen and oxygen atoms in total. The number of hydrogen-bond donors (Lipinski definition) is 0. The summed E-state index contributed by atoms with van der Waals surface area (Å²) >= 11 is 0. The molecule has 0 fully saturated rings. The Labute approximate surface area is 159 Å². The minimum absolute atomic E-state index is 0.0484. The van der Waals surface area contributed by atoms with Crippen molar-refractivity contribution in [3.8, 4) is 11.4 Å². The minimum Gasteiger partial charge on any atom is -0.489 e. The molecule has 27 heavy (non-hydrogen) atoms. The van der Waals surface area contributed by atoms with E-state index in [1.54, 1.807) is 4.68 Å². The normalized spacial score (nSPS) is 17.2. The molecule has 1 atom stereocenters. The van der Waals surface area contributed by atoms with Crippen molar-refractivity contribution in [3.63, 3.8) is 0 Å². The summed E-state index contributed by atoms with van der Waals surface area (Å²) < 4.78 is 9.74. The van der Waals surface area contributed by atoms with Crippen LogP contribution >= 0.6 is 0 Å². The van der Waals surface area contributed by atoms with Crippen molar-refractivity contribution in [1.82, 2.24) is 14.3 Å². The van der Waals surface area contributed by atoms with E-state index in [0.29, 0.717) is 6.54 Å². The second-order valence-corrected chi connectivity index (χ2v) is 7.25. The molecule has 1 aliphatic heterocycles. The third kappa shape index (κ3) is 3.30. The number of benzene rings is 2. The van der Waals surface area contributed by atoms with Crippen molar-refractivity contribution in [3.05, 3.63) is 81.8 Å². The third-order valence-electron chi connectivity index (χ3n) is 5.27. The van der Waals surface area contributed by atoms with Gasteiger partial charge in [0.25, 0.3) is 5.56 Å². The fourth-order valence-electron chi connectivity index (χ4n) is 3.82. The molecule has 1 aliphatic rings. The average Bonchev–Trinajstić information content (AvgIpc) is 2.80. The zero-order valence-electron chi connectivity index (χ0n) is 16.1. The molecule has 140 valence electrons. The van der Waals surface area contributed by atoms with Crippen LogP contribution in [0.5, 0.6) is 5.75 Å². The Balaban J connectivity index is 1.68. The first-order chi connectivity index (χ1) is 13.0. The lowest BCUT2D eigenvalue weighted by Crippen LogP contribution is -2.32. The molecule has 0 spiro atoms. The first-order valence-corrected chi connectivity index (χ1v) is 9.34. The van der Waals surface area contributed by atoms with Crippen LogP contribution in [-0.2, 0) is 20.1 Å². The number of ether oxygens (including phenoxy) is 1. The second kappa shape index (κ2) is 7.08. The monoisotopic (exact) mass is 363 g/mol. The molecule has 0 unspecified atom stereocenters. The molecule has 0 N–H and O–H groups in total. The van der Waals surface area contributed by atoms with Gasteiger partial charge in [-0.05, 0) is 32.0 Å². The summed E-state index contributed by atoms with van der Waals surface area (Å²) in [5.74, 6) is 0.944. The van der Waals surface area contributed by atoms with Crippen LogP contribution in [0.4, 0.5) is 0 Å².